The zero-order chi connectivity index (χ0) is 33.6. The molecule has 1 atom stereocenters. The largest absolute Gasteiger partial charge is 0.490 e. The zero-order valence-electron chi connectivity index (χ0n) is 21.6. The van der Waals surface area contributed by atoms with Gasteiger partial charge in [0.2, 0.25) is 11.5 Å². The van der Waals surface area contributed by atoms with Crippen LogP contribution >= 0.6 is 18.9 Å². The van der Waals surface area contributed by atoms with Crippen molar-refractivity contribution in [1.29, 1.82) is 5.26 Å². The number of nitriles is 1. The second kappa shape index (κ2) is 14.5. The van der Waals surface area contributed by atoms with Crippen LogP contribution in [0.15, 0.2) is 28.5 Å². The summed E-state index contributed by atoms with van der Waals surface area (Å²) < 4.78 is 125. The van der Waals surface area contributed by atoms with Crippen molar-refractivity contribution in [2.24, 2.45) is 11.5 Å². The van der Waals surface area contributed by atoms with Gasteiger partial charge in [-0.3, -0.25) is 4.57 Å². The lowest BCUT2D eigenvalue weighted by Crippen LogP contribution is -2.28. The fraction of sp³-hybridized carbons (Fsp3) is 0.273. The Bertz CT molecular complexity index is 1670. The summed E-state index contributed by atoms with van der Waals surface area (Å²) in [4.78, 5) is 28.4. The van der Waals surface area contributed by atoms with E-state index in [1.807, 2.05) is 0 Å². The van der Waals surface area contributed by atoms with Crippen LogP contribution in [0.5, 0.6) is 11.5 Å². The highest BCUT2D eigenvalue weighted by Crippen LogP contribution is 2.51. The van der Waals surface area contributed by atoms with Gasteiger partial charge in [-0.15, -0.1) is 11.3 Å². The summed E-state index contributed by atoms with van der Waals surface area (Å²) in [6, 6.07) is 4.74. The molecule has 3 aromatic rings. The first-order chi connectivity index (χ1) is 20.3. The zero-order valence-corrected chi connectivity index (χ0v) is 24.2. The molecule has 2 aromatic carbocycles. The van der Waals surface area contributed by atoms with Gasteiger partial charge in [0.1, 0.15) is 35.1 Å². The average molecular weight is 695 g/mol. The lowest BCUT2D eigenvalue weighted by Gasteiger charge is -2.20. The Morgan fingerprint density at radius 3 is 2.02 bits per heavy atom. The Labute approximate surface area is 247 Å². The number of thiophene rings is 1. The van der Waals surface area contributed by atoms with Crippen molar-refractivity contribution >= 4 is 45.0 Å². The molecule has 1 aromatic heterocycles. The molecule has 1 heterocycles. The third kappa shape index (κ3) is 8.80. The van der Waals surface area contributed by atoms with E-state index < -0.39 is 89.9 Å². The van der Waals surface area contributed by atoms with E-state index in [1.165, 1.54) is 6.07 Å². The van der Waals surface area contributed by atoms with Gasteiger partial charge in [-0.25, -0.2) is 26.4 Å². The predicted molar refractivity (Wildman–Crippen MR) is 141 cm³/mol. The predicted octanol–water partition coefficient (Wildman–Crippen LogP) is 2.65. The van der Waals surface area contributed by atoms with Gasteiger partial charge in [0.25, 0.3) is 10.0 Å². The summed E-state index contributed by atoms with van der Waals surface area (Å²) in [6.45, 7) is -0.543. The second-order valence-electron chi connectivity index (χ2n) is 8.14. The van der Waals surface area contributed by atoms with E-state index in [4.69, 9.17) is 36.1 Å². The van der Waals surface area contributed by atoms with Gasteiger partial charge in [0.05, 0.1) is 10.3 Å². The minimum Gasteiger partial charge on any atom is -0.486 e. The van der Waals surface area contributed by atoms with Crippen molar-refractivity contribution in [2.75, 3.05) is 26.3 Å². The number of benzene rings is 2. The minimum absolute atomic E-state index is 0.0525. The topological polar surface area (TPSA) is 235 Å². The van der Waals surface area contributed by atoms with Gasteiger partial charge in [-0.2, -0.15) is 23.2 Å². The monoisotopic (exact) mass is 694 g/mol. The number of rotatable bonds is 11. The van der Waals surface area contributed by atoms with Crippen LogP contribution in [-0.2, 0) is 19.4 Å². The number of ether oxygens (including phenoxy) is 2. The Morgan fingerprint density at radius 1 is 1.07 bits per heavy atom. The number of hydrogen-bond acceptors (Lipinski definition) is 10. The third-order valence-electron chi connectivity index (χ3n) is 5.02. The smallest absolute Gasteiger partial charge is 0.486 e. The fourth-order valence-corrected chi connectivity index (χ4v) is 7.15. The van der Waals surface area contributed by atoms with Crippen molar-refractivity contribution in [2.45, 2.75) is 16.2 Å². The van der Waals surface area contributed by atoms with Crippen molar-refractivity contribution in [3.05, 3.63) is 52.8 Å². The number of sulfonamides is 1. The minimum atomic E-state index is -5.30. The number of nitrogens with two attached hydrogens (primary N) is 2. The number of nitrogens with one attached hydrogen (secondary N) is 1. The summed E-state index contributed by atoms with van der Waals surface area (Å²) in [7, 11) is -10.1. The average Bonchev–Trinajstić information content (AvgIpc) is 3.39. The van der Waals surface area contributed by atoms with E-state index in [0.29, 0.717) is 6.07 Å². The number of carbonyl (C=O) groups is 1. The lowest BCUT2D eigenvalue weighted by molar-refractivity contribution is -0.192. The van der Waals surface area contributed by atoms with Crippen molar-refractivity contribution in [3.8, 4) is 17.6 Å². The quantitative estimate of drug-likeness (QED) is 0.126. The third-order valence-corrected chi connectivity index (χ3v) is 9.32. The molecule has 3 rings (SSSR count). The van der Waals surface area contributed by atoms with Gasteiger partial charge in [-0.05, 0) is 23.8 Å². The van der Waals surface area contributed by atoms with Crippen LogP contribution in [0.3, 0.4) is 0 Å². The SMILES string of the molecule is N#Cc1ccc(C(NS(=O)(=O)c2cc3c(F)c(OCCN)c(OCCN)c(F)c3s2)P(=O)(O)O)cc1F.O=C(O)C(F)(F)F. The molecule has 1 unspecified atom stereocenters. The number of fused-ring (bicyclic) bond motifs is 1. The summed E-state index contributed by atoms with van der Waals surface area (Å²) in [6.07, 6.45) is -5.08. The number of alkyl halides is 3. The molecule has 0 saturated carbocycles. The van der Waals surface area contributed by atoms with Crippen LogP contribution in [0, 0.1) is 28.8 Å². The van der Waals surface area contributed by atoms with Crippen LogP contribution in [0.25, 0.3) is 10.1 Å². The highest BCUT2D eigenvalue weighted by molar-refractivity contribution is 7.92. The first-order valence-electron chi connectivity index (χ1n) is 11.5. The molecule has 22 heteroatoms. The van der Waals surface area contributed by atoms with E-state index in [0.717, 1.165) is 18.2 Å². The number of aliphatic carboxylic acids is 1. The number of hydrogen-bond donors (Lipinski definition) is 6. The molecule has 44 heavy (non-hydrogen) atoms. The van der Waals surface area contributed by atoms with Crippen molar-refractivity contribution in [3.63, 3.8) is 0 Å². The highest BCUT2D eigenvalue weighted by Gasteiger charge is 2.38. The summed E-state index contributed by atoms with van der Waals surface area (Å²) in [5.41, 5.74) is 9.78. The normalized spacial score (nSPS) is 12.7. The van der Waals surface area contributed by atoms with Crippen molar-refractivity contribution in [1.82, 2.24) is 4.72 Å². The van der Waals surface area contributed by atoms with E-state index in [2.05, 4.69) is 0 Å². The maximum Gasteiger partial charge on any atom is 0.490 e. The maximum absolute atomic E-state index is 15.3. The van der Waals surface area contributed by atoms with Gasteiger partial charge in [-0.1, -0.05) is 6.07 Å². The number of nitrogens with zero attached hydrogens (tertiary/aromatic N) is 1. The van der Waals surface area contributed by atoms with Gasteiger partial charge in [0, 0.05) is 18.5 Å². The molecule has 0 spiro atoms. The second-order valence-corrected chi connectivity index (χ2v) is 12.8. The number of carboxylic acids is 1. The highest BCUT2D eigenvalue weighted by atomic mass is 32.2. The molecule has 0 aliphatic heterocycles. The Hall–Kier alpha value is -3.48. The molecule has 0 fully saturated rings. The molecule has 0 radical (unpaired) electrons. The first-order valence-corrected chi connectivity index (χ1v) is 15.5. The molecule has 0 saturated heterocycles. The van der Waals surface area contributed by atoms with Crippen LogP contribution in [0.1, 0.15) is 16.9 Å². The molecule has 0 aliphatic carbocycles. The summed E-state index contributed by atoms with van der Waals surface area (Å²) in [5.74, 6) is -9.78. The van der Waals surface area contributed by atoms with Crippen molar-refractivity contribution < 1.29 is 68.5 Å². The van der Waals surface area contributed by atoms with Gasteiger partial charge >= 0.3 is 19.7 Å². The molecular weight excluding hydrogens is 673 g/mol. The number of halogens is 6. The molecule has 13 nitrogen and oxygen atoms in total. The van der Waals surface area contributed by atoms with Crippen LogP contribution in [0.2, 0.25) is 0 Å². The fourth-order valence-electron chi connectivity index (χ4n) is 3.16. The molecule has 0 amide bonds. The van der Waals surface area contributed by atoms with E-state index in [9.17, 15) is 40.3 Å². The molecule has 242 valence electrons. The number of carboxylic acid groups (broad SMARTS) is 1. The van der Waals surface area contributed by atoms with E-state index >= 15 is 8.78 Å². The molecule has 0 aliphatic rings. The van der Waals surface area contributed by atoms with E-state index in [-0.39, 0.29) is 37.6 Å². The van der Waals surface area contributed by atoms with E-state index in [1.54, 1.807) is 4.72 Å². The Morgan fingerprint density at radius 2 is 1.59 bits per heavy atom. The molecule has 0 bridgehead atoms. The van der Waals surface area contributed by atoms with Gasteiger partial charge in [0.15, 0.2) is 11.6 Å². The molecule has 8 N–H and O–H groups in total. The maximum atomic E-state index is 15.3. The van der Waals surface area contributed by atoms with Crippen LogP contribution in [0.4, 0.5) is 26.3 Å². The summed E-state index contributed by atoms with van der Waals surface area (Å²) >= 11 is 0.255. The first kappa shape index (κ1) is 36.7. The Kier molecular flexibility index (Phi) is 12.1. The Balaban J connectivity index is 0.000000860. The van der Waals surface area contributed by atoms with Crippen LogP contribution in [-0.4, -0.2) is 61.8 Å². The lowest BCUT2D eigenvalue weighted by atomic mass is 10.1. The van der Waals surface area contributed by atoms with Crippen LogP contribution < -0.4 is 25.7 Å². The molecular formula is C22H21F6N4O9PS2. The standard InChI is InChI=1S/C20H20F3N4O7PS2.C2HF3O2/c21-13-7-10(1-2-11(13)9-26)20(35(28,29)30)27-37(31,32)14-8-12-15(22)17(33-5-3-24)18(34-6-4-25)16(23)19(12)36-14;3-2(4,5)1(6)7/h1-2,7-8,20,27H,3-6,24-25H2,(H2,28,29,30);(H,6,7). The summed E-state index contributed by atoms with van der Waals surface area (Å²) in [5, 5.41) is 15.5. The van der Waals surface area contributed by atoms with Gasteiger partial charge < -0.3 is 35.8 Å².